The van der Waals surface area contributed by atoms with Crippen LogP contribution in [0.2, 0.25) is 0 Å². The maximum Gasteiger partial charge on any atom is 0.0223 e. The van der Waals surface area contributed by atoms with Gasteiger partial charge >= 0.3 is 0 Å². The first-order valence-electron chi connectivity index (χ1n) is 7.36. The molecule has 2 aliphatic rings. The highest BCUT2D eigenvalue weighted by atomic mass is 15.3. The van der Waals surface area contributed by atoms with Gasteiger partial charge in [0.15, 0.2) is 0 Å². The van der Waals surface area contributed by atoms with E-state index >= 15 is 0 Å². The number of unbranched alkanes of at least 4 members (excludes halogenated alkanes) is 3. The van der Waals surface area contributed by atoms with Gasteiger partial charge in [-0.2, -0.15) is 0 Å². The Morgan fingerprint density at radius 1 is 1.00 bits per heavy atom. The molecule has 0 radical (unpaired) electrons. The number of hydrogen-bond donors (Lipinski definition) is 0. The third-order valence-electron chi connectivity index (χ3n) is 4.22. The van der Waals surface area contributed by atoms with Gasteiger partial charge in [0.05, 0.1) is 0 Å². The van der Waals surface area contributed by atoms with Crippen molar-refractivity contribution in [3.8, 4) is 0 Å². The fraction of sp³-hybridized carbons (Fsp3) is 1.00. The Balaban J connectivity index is 1.69. The minimum absolute atomic E-state index is 0.897. The van der Waals surface area contributed by atoms with Crippen LogP contribution >= 0.6 is 0 Å². The second-order valence-corrected chi connectivity index (χ2v) is 5.55. The maximum atomic E-state index is 2.73. The van der Waals surface area contributed by atoms with Gasteiger partial charge in [-0.15, -0.1) is 0 Å². The van der Waals surface area contributed by atoms with Crippen molar-refractivity contribution in [1.29, 1.82) is 0 Å². The van der Waals surface area contributed by atoms with Gasteiger partial charge in [0.25, 0.3) is 0 Å². The SMILES string of the molecule is CCCCCCN1CCCN2CCCC2C1. The lowest BCUT2D eigenvalue weighted by atomic mass is 10.1. The lowest BCUT2D eigenvalue weighted by Gasteiger charge is -2.25. The summed E-state index contributed by atoms with van der Waals surface area (Å²) in [7, 11) is 0. The molecular weight excluding hydrogens is 196 g/mol. The van der Waals surface area contributed by atoms with E-state index in [1.54, 1.807) is 0 Å². The van der Waals surface area contributed by atoms with Crippen LogP contribution in [0.3, 0.4) is 0 Å². The van der Waals surface area contributed by atoms with Crippen LogP contribution in [-0.4, -0.2) is 48.6 Å². The molecule has 0 amide bonds. The molecule has 1 atom stereocenters. The zero-order valence-electron chi connectivity index (χ0n) is 11.0. The summed E-state index contributed by atoms with van der Waals surface area (Å²) in [6.45, 7) is 9.07. The Kier molecular flexibility index (Phi) is 5.11. The molecule has 0 bridgehead atoms. The zero-order chi connectivity index (χ0) is 11.2. The normalized spacial score (nSPS) is 27.9. The monoisotopic (exact) mass is 224 g/mol. The molecule has 2 fully saturated rings. The molecule has 16 heavy (non-hydrogen) atoms. The van der Waals surface area contributed by atoms with Gasteiger partial charge in [-0.05, 0) is 51.9 Å². The molecule has 0 N–H and O–H groups in total. The van der Waals surface area contributed by atoms with Crippen molar-refractivity contribution >= 4 is 0 Å². The van der Waals surface area contributed by atoms with Crippen molar-refractivity contribution < 1.29 is 0 Å². The Bertz CT molecular complexity index is 193. The minimum Gasteiger partial charge on any atom is -0.302 e. The van der Waals surface area contributed by atoms with Crippen LogP contribution < -0.4 is 0 Å². The van der Waals surface area contributed by atoms with Crippen molar-refractivity contribution in [2.24, 2.45) is 0 Å². The summed E-state index contributed by atoms with van der Waals surface area (Å²) in [5.74, 6) is 0. The molecule has 0 aromatic heterocycles. The highest BCUT2D eigenvalue weighted by Gasteiger charge is 2.28. The Morgan fingerprint density at radius 2 is 1.88 bits per heavy atom. The Labute approximate surface area is 101 Å². The fourth-order valence-corrected chi connectivity index (χ4v) is 3.25. The van der Waals surface area contributed by atoms with Crippen LogP contribution in [0, 0.1) is 0 Å². The number of rotatable bonds is 5. The molecule has 2 aliphatic heterocycles. The highest BCUT2D eigenvalue weighted by molar-refractivity contribution is 4.84. The van der Waals surface area contributed by atoms with Crippen molar-refractivity contribution in [1.82, 2.24) is 9.80 Å². The third kappa shape index (κ3) is 3.46. The van der Waals surface area contributed by atoms with E-state index in [0.717, 1.165) is 6.04 Å². The highest BCUT2D eigenvalue weighted by Crippen LogP contribution is 2.21. The minimum atomic E-state index is 0.897. The van der Waals surface area contributed by atoms with E-state index in [4.69, 9.17) is 0 Å². The molecule has 2 rings (SSSR count). The molecule has 1 unspecified atom stereocenters. The second kappa shape index (κ2) is 6.61. The van der Waals surface area contributed by atoms with Crippen LogP contribution in [0.15, 0.2) is 0 Å². The first kappa shape index (κ1) is 12.4. The Hall–Kier alpha value is -0.0800. The van der Waals surface area contributed by atoms with E-state index in [1.165, 1.54) is 77.7 Å². The molecule has 2 heterocycles. The van der Waals surface area contributed by atoms with E-state index < -0.39 is 0 Å². The van der Waals surface area contributed by atoms with Gasteiger partial charge in [0.2, 0.25) is 0 Å². The number of fused-ring (bicyclic) bond motifs is 1. The smallest absolute Gasteiger partial charge is 0.0223 e. The van der Waals surface area contributed by atoms with E-state index in [1.807, 2.05) is 0 Å². The summed E-state index contributed by atoms with van der Waals surface area (Å²) in [6.07, 6.45) is 9.91. The summed E-state index contributed by atoms with van der Waals surface area (Å²) in [5, 5.41) is 0. The van der Waals surface area contributed by atoms with Crippen molar-refractivity contribution in [2.45, 2.75) is 57.9 Å². The van der Waals surface area contributed by atoms with Crippen molar-refractivity contribution in [3.05, 3.63) is 0 Å². The largest absolute Gasteiger partial charge is 0.302 e. The van der Waals surface area contributed by atoms with Gasteiger partial charge in [-0.1, -0.05) is 26.2 Å². The molecule has 0 aromatic rings. The van der Waals surface area contributed by atoms with Crippen molar-refractivity contribution in [3.63, 3.8) is 0 Å². The molecule has 94 valence electrons. The summed E-state index contributed by atoms with van der Waals surface area (Å²) in [5.41, 5.74) is 0. The fourth-order valence-electron chi connectivity index (χ4n) is 3.25. The lowest BCUT2D eigenvalue weighted by molar-refractivity contribution is 0.217. The molecular formula is C14H28N2. The van der Waals surface area contributed by atoms with E-state index in [-0.39, 0.29) is 0 Å². The maximum absolute atomic E-state index is 2.73. The Morgan fingerprint density at radius 3 is 2.75 bits per heavy atom. The number of nitrogens with zero attached hydrogens (tertiary/aromatic N) is 2. The molecule has 2 saturated heterocycles. The first-order chi connectivity index (χ1) is 7.90. The van der Waals surface area contributed by atoms with Gasteiger partial charge in [-0.25, -0.2) is 0 Å². The second-order valence-electron chi connectivity index (χ2n) is 5.55. The first-order valence-corrected chi connectivity index (χ1v) is 7.36. The van der Waals surface area contributed by atoms with Crippen molar-refractivity contribution in [2.75, 3.05) is 32.7 Å². The third-order valence-corrected chi connectivity index (χ3v) is 4.22. The molecule has 2 nitrogen and oxygen atoms in total. The quantitative estimate of drug-likeness (QED) is 0.663. The number of hydrogen-bond acceptors (Lipinski definition) is 2. The van der Waals surface area contributed by atoms with Gasteiger partial charge in [0, 0.05) is 12.6 Å². The van der Waals surface area contributed by atoms with Crippen LogP contribution in [-0.2, 0) is 0 Å². The van der Waals surface area contributed by atoms with Crippen LogP contribution in [0.25, 0.3) is 0 Å². The predicted octanol–water partition coefficient (Wildman–Crippen LogP) is 2.74. The average molecular weight is 224 g/mol. The van der Waals surface area contributed by atoms with Crippen LogP contribution in [0.4, 0.5) is 0 Å². The molecule has 0 aliphatic carbocycles. The van der Waals surface area contributed by atoms with Gasteiger partial charge in [0.1, 0.15) is 0 Å². The summed E-state index contributed by atoms with van der Waals surface area (Å²) < 4.78 is 0. The molecule has 0 saturated carbocycles. The molecule has 0 aromatic carbocycles. The summed E-state index contributed by atoms with van der Waals surface area (Å²) in [4.78, 5) is 5.46. The standard InChI is InChI=1S/C14H28N2/c1-2-3-4-5-9-15-10-7-12-16-11-6-8-14(16)13-15/h14H,2-13H2,1H3. The predicted molar refractivity (Wildman–Crippen MR) is 69.8 cm³/mol. The van der Waals surface area contributed by atoms with E-state index in [0.29, 0.717) is 0 Å². The zero-order valence-corrected chi connectivity index (χ0v) is 11.0. The van der Waals surface area contributed by atoms with Gasteiger partial charge in [-0.3, -0.25) is 4.90 Å². The van der Waals surface area contributed by atoms with E-state index in [2.05, 4.69) is 16.7 Å². The topological polar surface area (TPSA) is 6.48 Å². The van der Waals surface area contributed by atoms with E-state index in [9.17, 15) is 0 Å². The average Bonchev–Trinajstić information content (AvgIpc) is 2.63. The molecule has 2 heteroatoms. The summed E-state index contributed by atoms with van der Waals surface area (Å²) >= 11 is 0. The van der Waals surface area contributed by atoms with Crippen LogP contribution in [0.1, 0.15) is 51.9 Å². The molecule has 0 spiro atoms. The van der Waals surface area contributed by atoms with Crippen LogP contribution in [0.5, 0.6) is 0 Å². The summed E-state index contributed by atoms with van der Waals surface area (Å²) in [6, 6.07) is 0.897. The van der Waals surface area contributed by atoms with Gasteiger partial charge < -0.3 is 4.90 Å². The lowest BCUT2D eigenvalue weighted by Crippen LogP contribution is -2.36.